The van der Waals surface area contributed by atoms with Crippen molar-refractivity contribution in [3.05, 3.63) is 30.0 Å². The summed E-state index contributed by atoms with van der Waals surface area (Å²) in [5, 5.41) is 26.3. The van der Waals surface area contributed by atoms with Crippen molar-refractivity contribution >= 4 is 33.3 Å². The number of nitrogens with zero attached hydrogens (tertiary/aromatic N) is 3. The van der Waals surface area contributed by atoms with Gasteiger partial charge in [0.2, 0.25) is 5.95 Å². The van der Waals surface area contributed by atoms with Gasteiger partial charge in [0.1, 0.15) is 10.8 Å². The Balaban J connectivity index is 1.71. The van der Waals surface area contributed by atoms with Crippen LogP contribution < -0.4 is 10.6 Å². The van der Waals surface area contributed by atoms with E-state index in [0.29, 0.717) is 29.9 Å². The van der Waals surface area contributed by atoms with E-state index in [4.69, 9.17) is 4.98 Å². The van der Waals surface area contributed by atoms with Gasteiger partial charge in [-0.3, -0.25) is 0 Å². The number of aliphatic hydroxyl groups excluding tert-OH is 2. The van der Waals surface area contributed by atoms with Crippen LogP contribution in [0.3, 0.4) is 0 Å². The lowest BCUT2D eigenvalue weighted by Crippen LogP contribution is -2.25. The molecule has 0 aliphatic heterocycles. The number of thiazole rings is 1. The Morgan fingerprint density at radius 1 is 1.19 bits per heavy atom. The predicted molar refractivity (Wildman–Crippen MR) is 118 cm³/mol. The van der Waals surface area contributed by atoms with Crippen LogP contribution in [0.25, 0.3) is 20.8 Å². The summed E-state index contributed by atoms with van der Waals surface area (Å²) in [6.45, 7) is 1.95. The summed E-state index contributed by atoms with van der Waals surface area (Å²) in [5.74, 6) is -2.53. The highest BCUT2D eigenvalue weighted by molar-refractivity contribution is 7.21. The van der Waals surface area contributed by atoms with E-state index in [9.17, 15) is 19.0 Å². The van der Waals surface area contributed by atoms with Crippen LogP contribution in [-0.2, 0) is 0 Å². The number of halogens is 2. The second kappa shape index (κ2) is 8.60. The largest absolute Gasteiger partial charge is 0.396 e. The van der Waals surface area contributed by atoms with E-state index in [1.165, 1.54) is 11.3 Å². The molecule has 0 saturated heterocycles. The lowest BCUT2D eigenvalue weighted by Gasteiger charge is -2.19. The standard InChI is InChI=1S/C21H25F2N5O2S/c1-11-17(19-27-14-5-3-4-6-16(14)31-19)18(26-13-7-12(9-29)15(30)8-13)28-20(25-11)24-10-21(2,22)23/h3-6,12-13,15,29-30H,7-10H2,1-2H3,(H2,24,25,26,28)/t12-,13-,15+/m1/s1. The molecule has 3 aromatic rings. The van der Waals surface area contributed by atoms with Crippen molar-refractivity contribution in [1.82, 2.24) is 15.0 Å². The smallest absolute Gasteiger partial charge is 0.262 e. The molecule has 0 radical (unpaired) electrons. The molecule has 166 valence electrons. The van der Waals surface area contributed by atoms with Crippen LogP contribution in [0, 0.1) is 12.8 Å². The summed E-state index contributed by atoms with van der Waals surface area (Å²) in [5.41, 5.74) is 2.17. The Hall–Kier alpha value is -2.43. The molecule has 1 aliphatic rings. The molecular weight excluding hydrogens is 424 g/mol. The zero-order valence-electron chi connectivity index (χ0n) is 17.3. The molecule has 31 heavy (non-hydrogen) atoms. The molecule has 7 nitrogen and oxygen atoms in total. The normalized spacial score (nSPS) is 21.5. The maximum absolute atomic E-state index is 13.3. The van der Waals surface area contributed by atoms with E-state index < -0.39 is 18.6 Å². The minimum absolute atomic E-state index is 0.0920. The van der Waals surface area contributed by atoms with E-state index in [1.807, 2.05) is 24.3 Å². The Bertz CT molecular complexity index is 1040. The summed E-state index contributed by atoms with van der Waals surface area (Å²) < 4.78 is 27.7. The zero-order chi connectivity index (χ0) is 22.2. The molecule has 0 unspecified atom stereocenters. The van der Waals surface area contributed by atoms with Crippen molar-refractivity contribution in [2.45, 2.75) is 44.8 Å². The molecule has 0 bridgehead atoms. The Morgan fingerprint density at radius 3 is 2.65 bits per heavy atom. The number of nitrogens with one attached hydrogen (secondary N) is 2. The van der Waals surface area contributed by atoms with Crippen LogP contribution in [0.4, 0.5) is 20.5 Å². The van der Waals surface area contributed by atoms with Gasteiger partial charge in [-0.2, -0.15) is 4.98 Å². The van der Waals surface area contributed by atoms with Crippen molar-refractivity contribution in [2.75, 3.05) is 23.8 Å². The van der Waals surface area contributed by atoms with Gasteiger partial charge in [-0.05, 0) is 31.9 Å². The summed E-state index contributed by atoms with van der Waals surface area (Å²) >= 11 is 1.50. The van der Waals surface area contributed by atoms with Crippen LogP contribution in [0.15, 0.2) is 24.3 Å². The molecule has 1 saturated carbocycles. The molecule has 2 aromatic heterocycles. The monoisotopic (exact) mass is 449 g/mol. The highest BCUT2D eigenvalue weighted by Gasteiger charge is 2.33. The van der Waals surface area contributed by atoms with E-state index in [-0.39, 0.29) is 24.5 Å². The highest BCUT2D eigenvalue weighted by Crippen LogP contribution is 2.38. The van der Waals surface area contributed by atoms with Gasteiger partial charge in [-0.1, -0.05) is 12.1 Å². The van der Waals surface area contributed by atoms with Gasteiger partial charge in [-0.25, -0.2) is 18.7 Å². The van der Waals surface area contributed by atoms with E-state index in [0.717, 1.165) is 22.1 Å². The van der Waals surface area contributed by atoms with Gasteiger partial charge in [-0.15, -0.1) is 11.3 Å². The third-order valence-electron chi connectivity index (χ3n) is 5.39. The Kier molecular flexibility index (Phi) is 6.05. The average molecular weight is 450 g/mol. The lowest BCUT2D eigenvalue weighted by molar-refractivity contribution is 0.0366. The number of anilines is 2. The first-order valence-corrected chi connectivity index (χ1v) is 11.0. The number of aliphatic hydroxyl groups is 2. The number of alkyl halides is 2. The Morgan fingerprint density at radius 2 is 1.97 bits per heavy atom. The molecule has 10 heteroatoms. The fraction of sp³-hybridized carbons (Fsp3) is 0.476. The number of aromatic nitrogens is 3. The van der Waals surface area contributed by atoms with Crippen molar-refractivity contribution in [3.63, 3.8) is 0 Å². The highest BCUT2D eigenvalue weighted by atomic mass is 32.1. The molecule has 0 amide bonds. The second-order valence-electron chi connectivity index (χ2n) is 8.09. The first-order chi connectivity index (χ1) is 14.7. The molecular formula is C21H25F2N5O2S. The van der Waals surface area contributed by atoms with Crippen molar-refractivity contribution in [1.29, 1.82) is 0 Å². The van der Waals surface area contributed by atoms with Gasteiger partial charge in [0.05, 0.1) is 34.1 Å². The molecule has 1 fully saturated rings. The third kappa shape index (κ3) is 4.91. The molecule has 4 N–H and O–H groups in total. The number of para-hydroxylation sites is 1. The molecule has 1 aliphatic carbocycles. The molecule has 2 heterocycles. The van der Waals surface area contributed by atoms with Crippen molar-refractivity contribution < 1.29 is 19.0 Å². The van der Waals surface area contributed by atoms with Crippen LogP contribution >= 0.6 is 11.3 Å². The van der Waals surface area contributed by atoms with Crippen LogP contribution in [0.5, 0.6) is 0 Å². The third-order valence-corrected chi connectivity index (χ3v) is 6.44. The van der Waals surface area contributed by atoms with Crippen molar-refractivity contribution in [3.8, 4) is 10.6 Å². The maximum Gasteiger partial charge on any atom is 0.262 e. The lowest BCUT2D eigenvalue weighted by atomic mass is 10.1. The van der Waals surface area contributed by atoms with Crippen LogP contribution in [0.2, 0.25) is 0 Å². The molecule has 1 aromatic carbocycles. The van der Waals surface area contributed by atoms with Gasteiger partial charge >= 0.3 is 0 Å². The van der Waals surface area contributed by atoms with Crippen molar-refractivity contribution in [2.24, 2.45) is 5.92 Å². The second-order valence-corrected chi connectivity index (χ2v) is 9.12. The number of benzene rings is 1. The summed E-state index contributed by atoms with van der Waals surface area (Å²) in [6, 6.07) is 7.66. The molecule has 3 atom stereocenters. The first-order valence-electron chi connectivity index (χ1n) is 10.1. The Labute approximate surface area is 182 Å². The number of hydrogen-bond acceptors (Lipinski definition) is 8. The quantitative estimate of drug-likeness (QED) is 0.436. The number of aryl methyl sites for hydroxylation is 1. The first kappa shape index (κ1) is 21.8. The fourth-order valence-electron chi connectivity index (χ4n) is 3.84. The van der Waals surface area contributed by atoms with Gasteiger partial charge < -0.3 is 20.8 Å². The van der Waals surface area contributed by atoms with Gasteiger partial charge in [0.15, 0.2) is 0 Å². The number of rotatable bonds is 7. The zero-order valence-corrected chi connectivity index (χ0v) is 18.1. The van der Waals surface area contributed by atoms with Crippen LogP contribution in [0.1, 0.15) is 25.5 Å². The summed E-state index contributed by atoms with van der Waals surface area (Å²) in [4.78, 5) is 13.6. The summed E-state index contributed by atoms with van der Waals surface area (Å²) in [7, 11) is 0. The number of fused-ring (bicyclic) bond motifs is 1. The minimum atomic E-state index is -2.90. The SMILES string of the molecule is Cc1nc(NCC(C)(F)F)nc(N[C@@H]2C[C@H](CO)[C@@H](O)C2)c1-c1nc2ccccc2s1. The van der Waals surface area contributed by atoms with E-state index in [1.54, 1.807) is 6.92 Å². The fourth-order valence-corrected chi connectivity index (χ4v) is 4.90. The molecule has 4 rings (SSSR count). The maximum atomic E-state index is 13.3. The van der Waals surface area contributed by atoms with Gasteiger partial charge in [0.25, 0.3) is 5.92 Å². The molecule has 0 spiro atoms. The topological polar surface area (TPSA) is 103 Å². The van der Waals surface area contributed by atoms with E-state index in [2.05, 4.69) is 20.6 Å². The predicted octanol–water partition coefficient (Wildman–Crippen LogP) is 3.67. The van der Waals surface area contributed by atoms with E-state index >= 15 is 0 Å². The average Bonchev–Trinajstić information content (AvgIpc) is 3.28. The van der Waals surface area contributed by atoms with Gasteiger partial charge in [0, 0.05) is 25.5 Å². The minimum Gasteiger partial charge on any atom is -0.396 e. The van der Waals surface area contributed by atoms with Crippen LogP contribution in [-0.4, -0.2) is 56.4 Å². The number of hydrogen-bond donors (Lipinski definition) is 4. The summed E-state index contributed by atoms with van der Waals surface area (Å²) in [6.07, 6.45) is 0.437.